The summed E-state index contributed by atoms with van der Waals surface area (Å²) in [5, 5.41) is 15.4. The van der Waals surface area contributed by atoms with E-state index in [-0.39, 0.29) is 17.3 Å². The molecule has 0 unspecified atom stereocenters. The van der Waals surface area contributed by atoms with Gasteiger partial charge in [0.15, 0.2) is 11.4 Å². The Morgan fingerprint density at radius 1 is 1.03 bits per heavy atom. The van der Waals surface area contributed by atoms with Crippen molar-refractivity contribution >= 4 is 5.91 Å². The van der Waals surface area contributed by atoms with Crippen molar-refractivity contribution in [1.82, 2.24) is 24.2 Å². The third-order valence-electron chi connectivity index (χ3n) is 7.16. The van der Waals surface area contributed by atoms with Gasteiger partial charge in [0.1, 0.15) is 5.69 Å². The second-order valence-electron chi connectivity index (χ2n) is 9.43. The number of benzene rings is 2. The first kappa shape index (κ1) is 24.5. The first-order chi connectivity index (χ1) is 17.9. The smallest absolute Gasteiger partial charge is 0.275 e. The summed E-state index contributed by atoms with van der Waals surface area (Å²) in [6.45, 7) is 5.04. The van der Waals surface area contributed by atoms with Crippen molar-refractivity contribution in [3.05, 3.63) is 93.4 Å². The van der Waals surface area contributed by atoms with Gasteiger partial charge >= 0.3 is 0 Å². The van der Waals surface area contributed by atoms with E-state index >= 15 is 0 Å². The molecule has 0 radical (unpaired) electrons. The van der Waals surface area contributed by atoms with Crippen LogP contribution in [0.25, 0.3) is 17.2 Å². The van der Waals surface area contributed by atoms with E-state index in [1.165, 1.54) is 4.57 Å². The molecule has 4 aromatic rings. The summed E-state index contributed by atoms with van der Waals surface area (Å²) in [7, 11) is 1.78. The molecule has 0 bridgehead atoms. The number of carbonyl (C=O) groups is 1. The van der Waals surface area contributed by atoms with E-state index in [2.05, 4.69) is 22.2 Å². The molecule has 1 fully saturated rings. The number of amides is 1. The molecule has 0 aliphatic carbocycles. The monoisotopic (exact) mass is 497 g/mol. The number of likely N-dealkylation sites (tertiary alicyclic amines) is 1. The fraction of sp³-hybridized carbons (Fsp3) is 0.310. The first-order valence-electron chi connectivity index (χ1n) is 12.7. The number of aromatic hydroxyl groups is 1. The lowest BCUT2D eigenvalue weighted by Gasteiger charge is -2.21. The molecule has 1 aliphatic rings. The van der Waals surface area contributed by atoms with Crippen molar-refractivity contribution in [3.8, 4) is 23.1 Å². The quantitative estimate of drug-likeness (QED) is 0.433. The third kappa shape index (κ3) is 4.43. The van der Waals surface area contributed by atoms with Gasteiger partial charge < -0.3 is 10.0 Å². The van der Waals surface area contributed by atoms with Crippen LogP contribution in [0.4, 0.5) is 0 Å². The molecule has 37 heavy (non-hydrogen) atoms. The molecule has 1 N–H and O–H groups in total. The zero-order chi connectivity index (χ0) is 26.1. The van der Waals surface area contributed by atoms with Gasteiger partial charge in [-0.05, 0) is 42.0 Å². The second kappa shape index (κ2) is 10.0. The molecule has 2 aromatic carbocycles. The minimum Gasteiger partial charge on any atom is -0.493 e. The van der Waals surface area contributed by atoms with Crippen molar-refractivity contribution in [3.63, 3.8) is 0 Å². The SMILES string of the molecule is CCc1cccc(CC)c1-n1c(-c2ccn(C)n2)nc(O)c(C(=O)N2CC[C@H](c3ccccc3)C2)c1=O. The number of aryl methyl sites for hydroxylation is 3. The summed E-state index contributed by atoms with van der Waals surface area (Å²) < 4.78 is 3.08. The molecular weight excluding hydrogens is 466 g/mol. The zero-order valence-corrected chi connectivity index (χ0v) is 21.4. The summed E-state index contributed by atoms with van der Waals surface area (Å²) in [5.74, 6) is -0.675. The molecule has 1 atom stereocenters. The van der Waals surface area contributed by atoms with Crippen LogP contribution in [0.15, 0.2) is 65.6 Å². The molecule has 8 nitrogen and oxygen atoms in total. The third-order valence-corrected chi connectivity index (χ3v) is 7.16. The predicted octanol–water partition coefficient (Wildman–Crippen LogP) is 4.09. The Hall–Kier alpha value is -4.20. The van der Waals surface area contributed by atoms with E-state index in [1.54, 1.807) is 28.9 Å². The normalized spacial score (nSPS) is 15.3. The van der Waals surface area contributed by atoms with Crippen LogP contribution >= 0.6 is 0 Å². The number of para-hydroxylation sites is 1. The van der Waals surface area contributed by atoms with E-state index in [4.69, 9.17) is 0 Å². The predicted molar refractivity (Wildman–Crippen MR) is 142 cm³/mol. The Bertz CT molecular complexity index is 1480. The Morgan fingerprint density at radius 2 is 1.73 bits per heavy atom. The van der Waals surface area contributed by atoms with Crippen LogP contribution in [0.5, 0.6) is 5.88 Å². The Labute approximate surface area is 215 Å². The molecule has 2 aromatic heterocycles. The van der Waals surface area contributed by atoms with Crippen LogP contribution in [0.3, 0.4) is 0 Å². The summed E-state index contributed by atoms with van der Waals surface area (Å²) >= 11 is 0. The lowest BCUT2D eigenvalue weighted by Crippen LogP contribution is -2.36. The molecule has 190 valence electrons. The van der Waals surface area contributed by atoms with Gasteiger partial charge in [0.25, 0.3) is 11.5 Å². The van der Waals surface area contributed by atoms with Gasteiger partial charge in [0.05, 0.1) is 5.69 Å². The molecule has 1 aliphatic heterocycles. The maximum atomic E-state index is 14.2. The van der Waals surface area contributed by atoms with E-state index in [1.807, 2.05) is 50.2 Å². The number of carbonyl (C=O) groups excluding carboxylic acids is 1. The Balaban J connectivity index is 1.66. The van der Waals surface area contributed by atoms with Crippen molar-refractivity contribution in [1.29, 1.82) is 0 Å². The number of hydrogen-bond acceptors (Lipinski definition) is 5. The van der Waals surface area contributed by atoms with Crippen LogP contribution in [0, 0.1) is 0 Å². The van der Waals surface area contributed by atoms with Gasteiger partial charge in [-0.2, -0.15) is 10.1 Å². The van der Waals surface area contributed by atoms with Crippen LogP contribution in [0.2, 0.25) is 0 Å². The van der Waals surface area contributed by atoms with Crippen molar-refractivity contribution in [2.24, 2.45) is 7.05 Å². The van der Waals surface area contributed by atoms with Crippen molar-refractivity contribution in [2.75, 3.05) is 13.1 Å². The molecule has 1 amide bonds. The molecule has 3 heterocycles. The molecule has 0 saturated carbocycles. The number of hydrogen-bond donors (Lipinski definition) is 1. The second-order valence-corrected chi connectivity index (χ2v) is 9.43. The van der Waals surface area contributed by atoms with Crippen LogP contribution in [0.1, 0.15) is 53.2 Å². The minimum absolute atomic E-state index is 0.183. The van der Waals surface area contributed by atoms with Gasteiger partial charge in [0.2, 0.25) is 5.88 Å². The van der Waals surface area contributed by atoms with Crippen LogP contribution in [-0.2, 0) is 19.9 Å². The largest absolute Gasteiger partial charge is 0.493 e. The lowest BCUT2D eigenvalue weighted by molar-refractivity contribution is 0.0784. The van der Waals surface area contributed by atoms with E-state index in [9.17, 15) is 14.7 Å². The fourth-order valence-corrected chi connectivity index (χ4v) is 5.21. The van der Waals surface area contributed by atoms with Gasteiger partial charge in [-0.25, -0.2) is 0 Å². The summed E-state index contributed by atoms with van der Waals surface area (Å²) in [4.78, 5) is 33.9. The van der Waals surface area contributed by atoms with Crippen molar-refractivity contribution < 1.29 is 9.90 Å². The number of rotatable bonds is 6. The zero-order valence-electron chi connectivity index (χ0n) is 21.4. The Morgan fingerprint density at radius 3 is 2.35 bits per heavy atom. The molecule has 0 spiro atoms. The van der Waals surface area contributed by atoms with E-state index in [0.29, 0.717) is 37.3 Å². The highest BCUT2D eigenvalue weighted by Crippen LogP contribution is 2.31. The highest BCUT2D eigenvalue weighted by Gasteiger charge is 2.33. The van der Waals surface area contributed by atoms with Crippen LogP contribution < -0.4 is 5.56 Å². The van der Waals surface area contributed by atoms with Gasteiger partial charge in [-0.1, -0.05) is 62.4 Å². The highest BCUT2D eigenvalue weighted by atomic mass is 16.3. The number of nitrogens with zero attached hydrogens (tertiary/aromatic N) is 5. The minimum atomic E-state index is -0.586. The van der Waals surface area contributed by atoms with Gasteiger partial charge in [-0.3, -0.25) is 18.8 Å². The Kier molecular flexibility index (Phi) is 6.65. The van der Waals surface area contributed by atoms with E-state index in [0.717, 1.165) is 23.1 Å². The first-order valence-corrected chi connectivity index (χ1v) is 12.7. The van der Waals surface area contributed by atoms with Gasteiger partial charge in [-0.15, -0.1) is 0 Å². The summed E-state index contributed by atoms with van der Waals surface area (Å²) in [6, 6.07) is 17.7. The maximum absolute atomic E-state index is 14.2. The summed E-state index contributed by atoms with van der Waals surface area (Å²) in [6.07, 6.45) is 3.92. The average Bonchev–Trinajstić information content (AvgIpc) is 3.58. The standard InChI is InChI=1S/C29H31N5O3/c1-4-19-12-9-13-20(5-2)25(19)34-26(23-15-16-32(3)31-23)30-27(35)24(29(34)37)28(36)33-17-14-22(18-33)21-10-7-6-8-11-21/h6-13,15-16,22,35H,4-5,14,17-18H2,1-3H3/t22-/m0/s1. The molecule has 5 rings (SSSR count). The lowest BCUT2D eigenvalue weighted by atomic mass is 9.99. The van der Waals surface area contributed by atoms with Crippen molar-refractivity contribution in [2.45, 2.75) is 39.0 Å². The number of aromatic nitrogens is 4. The summed E-state index contributed by atoms with van der Waals surface area (Å²) in [5.41, 5.74) is 3.31. The fourth-order valence-electron chi connectivity index (χ4n) is 5.21. The van der Waals surface area contributed by atoms with Crippen LogP contribution in [-0.4, -0.2) is 48.3 Å². The van der Waals surface area contributed by atoms with Gasteiger partial charge in [0, 0.05) is 32.3 Å². The highest BCUT2D eigenvalue weighted by molar-refractivity contribution is 5.96. The molecule has 1 saturated heterocycles. The van der Waals surface area contributed by atoms with E-state index < -0.39 is 17.3 Å². The molecule has 8 heteroatoms. The topological polar surface area (TPSA) is 93.2 Å². The molecular formula is C29H31N5O3. The average molecular weight is 498 g/mol. The maximum Gasteiger partial charge on any atom is 0.275 e.